The van der Waals surface area contributed by atoms with E-state index in [9.17, 15) is 18.0 Å². The molecule has 0 spiro atoms. The number of carbonyl (C=O) groups is 2. The summed E-state index contributed by atoms with van der Waals surface area (Å²) >= 11 is 0. The van der Waals surface area contributed by atoms with Gasteiger partial charge in [0.2, 0.25) is 0 Å². The van der Waals surface area contributed by atoms with Crippen LogP contribution in [0.25, 0.3) is 10.8 Å². The fourth-order valence-corrected chi connectivity index (χ4v) is 4.62. The lowest BCUT2D eigenvalue weighted by molar-refractivity contribution is 0.0912. The number of hydrogen-bond donors (Lipinski definition) is 3. The third-order valence-corrected chi connectivity index (χ3v) is 6.40. The summed E-state index contributed by atoms with van der Waals surface area (Å²) in [6.07, 6.45) is 0. The first-order valence-corrected chi connectivity index (χ1v) is 11.4. The number of carbonyl (C=O) groups excluding carboxylic acids is 2. The van der Waals surface area contributed by atoms with E-state index in [0.29, 0.717) is 33.5 Å². The lowest BCUT2D eigenvalue weighted by atomic mass is 10.1. The smallest absolute Gasteiger partial charge is 0.301 e. The SMILES string of the molecule is O=C(NNS(=O)(=O)c1ccc2c3c(cccc13)C(=O)N2)c1ccc(COc2ccccc2)o1. The molecule has 0 saturated heterocycles. The molecule has 0 aliphatic carbocycles. The Hall–Kier alpha value is -4.15. The minimum absolute atomic E-state index is 0.0729. The molecule has 9 nitrogen and oxygen atoms in total. The van der Waals surface area contributed by atoms with E-state index in [-0.39, 0.29) is 23.2 Å². The van der Waals surface area contributed by atoms with Gasteiger partial charge in [-0.3, -0.25) is 15.0 Å². The standard InChI is InChI=1S/C23H17N3O6S/c27-22-17-8-4-7-16-20(12-10-18(24-22)21(16)17)33(29,30)26-25-23(28)19-11-9-15(32-19)13-31-14-5-2-1-3-6-14/h1-12,26H,13H2,(H,24,27)(H,25,28). The molecule has 0 radical (unpaired) electrons. The minimum atomic E-state index is -4.14. The zero-order chi connectivity index (χ0) is 23.0. The van der Waals surface area contributed by atoms with E-state index in [2.05, 4.69) is 15.6 Å². The Balaban J connectivity index is 1.29. The molecule has 0 saturated carbocycles. The molecule has 33 heavy (non-hydrogen) atoms. The number of anilines is 1. The van der Waals surface area contributed by atoms with Crippen LogP contribution in [-0.2, 0) is 16.6 Å². The zero-order valence-electron chi connectivity index (χ0n) is 17.0. The van der Waals surface area contributed by atoms with E-state index in [0.717, 1.165) is 0 Å². The average Bonchev–Trinajstić information content (AvgIpc) is 3.43. The first kappa shape index (κ1) is 20.7. The Morgan fingerprint density at radius 3 is 2.61 bits per heavy atom. The highest BCUT2D eigenvalue weighted by molar-refractivity contribution is 7.89. The minimum Gasteiger partial charge on any atom is -0.486 e. The van der Waals surface area contributed by atoms with Crippen LogP contribution < -0.4 is 20.3 Å². The molecular formula is C23H17N3O6S. The predicted molar refractivity (Wildman–Crippen MR) is 119 cm³/mol. The van der Waals surface area contributed by atoms with Gasteiger partial charge >= 0.3 is 5.91 Å². The van der Waals surface area contributed by atoms with Gasteiger partial charge in [0.05, 0.1) is 4.90 Å². The van der Waals surface area contributed by atoms with Crippen LogP contribution in [0.4, 0.5) is 5.69 Å². The molecule has 166 valence electrons. The Labute approximate surface area is 188 Å². The molecule has 0 unspecified atom stereocenters. The highest BCUT2D eigenvalue weighted by atomic mass is 32.2. The van der Waals surface area contributed by atoms with Crippen molar-refractivity contribution in [3.05, 3.63) is 89.9 Å². The van der Waals surface area contributed by atoms with Crippen molar-refractivity contribution >= 4 is 38.3 Å². The second kappa shape index (κ2) is 8.08. The summed E-state index contributed by atoms with van der Waals surface area (Å²) in [4.78, 5) is 26.5. The van der Waals surface area contributed by atoms with Gasteiger partial charge in [0.1, 0.15) is 18.1 Å². The van der Waals surface area contributed by atoms with Gasteiger partial charge in [-0.05, 0) is 42.5 Å². The van der Waals surface area contributed by atoms with Crippen molar-refractivity contribution in [1.82, 2.24) is 10.3 Å². The van der Waals surface area contributed by atoms with Gasteiger partial charge in [0.25, 0.3) is 15.9 Å². The highest BCUT2D eigenvalue weighted by Gasteiger charge is 2.26. The first-order valence-electron chi connectivity index (χ1n) is 9.88. The predicted octanol–water partition coefficient (Wildman–Crippen LogP) is 3.20. The summed E-state index contributed by atoms with van der Waals surface area (Å²) < 4.78 is 36.8. The van der Waals surface area contributed by atoms with E-state index in [1.165, 1.54) is 18.2 Å². The summed E-state index contributed by atoms with van der Waals surface area (Å²) in [5.41, 5.74) is 3.08. The molecule has 2 amide bonds. The fraction of sp³-hybridized carbons (Fsp3) is 0.0435. The maximum Gasteiger partial charge on any atom is 0.301 e. The maximum atomic E-state index is 12.9. The summed E-state index contributed by atoms with van der Waals surface area (Å²) in [5, 5.41) is 3.58. The van der Waals surface area contributed by atoms with Crippen LogP contribution in [0.3, 0.4) is 0 Å². The normalized spacial score (nSPS) is 12.5. The third kappa shape index (κ3) is 3.93. The molecular weight excluding hydrogens is 446 g/mol. The number of hydrazine groups is 1. The molecule has 3 aromatic carbocycles. The van der Waals surface area contributed by atoms with Crippen molar-refractivity contribution in [2.24, 2.45) is 0 Å². The molecule has 2 heterocycles. The number of nitrogens with one attached hydrogen (secondary N) is 3. The van der Waals surface area contributed by atoms with E-state index in [1.807, 2.05) is 18.2 Å². The molecule has 1 aliphatic heterocycles. The molecule has 1 aliphatic rings. The summed E-state index contributed by atoms with van der Waals surface area (Å²) in [7, 11) is -4.14. The number of hydrogen-bond acceptors (Lipinski definition) is 6. The van der Waals surface area contributed by atoms with Gasteiger partial charge in [-0.2, -0.15) is 0 Å². The van der Waals surface area contributed by atoms with Crippen molar-refractivity contribution in [2.45, 2.75) is 11.5 Å². The molecule has 0 fully saturated rings. The summed E-state index contributed by atoms with van der Waals surface area (Å²) in [6.45, 7) is 0.108. The van der Waals surface area contributed by atoms with Gasteiger partial charge in [-0.15, -0.1) is 4.83 Å². The number of rotatable bonds is 7. The van der Waals surface area contributed by atoms with Crippen molar-refractivity contribution < 1.29 is 27.2 Å². The van der Waals surface area contributed by atoms with Crippen LogP contribution in [0, 0.1) is 0 Å². The quantitative estimate of drug-likeness (QED) is 0.361. The summed E-state index contributed by atoms with van der Waals surface area (Å²) in [6, 6.07) is 19.8. The van der Waals surface area contributed by atoms with E-state index in [4.69, 9.17) is 9.15 Å². The van der Waals surface area contributed by atoms with Gasteiger partial charge in [0, 0.05) is 22.0 Å². The second-order valence-corrected chi connectivity index (χ2v) is 8.87. The average molecular weight is 463 g/mol. The number of ether oxygens (including phenoxy) is 1. The molecule has 10 heteroatoms. The second-order valence-electron chi connectivity index (χ2n) is 7.22. The number of para-hydroxylation sites is 1. The lowest BCUT2D eigenvalue weighted by Gasteiger charge is -2.11. The van der Waals surface area contributed by atoms with E-state index < -0.39 is 15.9 Å². The number of sulfonamides is 1. The van der Waals surface area contributed by atoms with Crippen LogP contribution >= 0.6 is 0 Å². The molecule has 0 bridgehead atoms. The number of furan rings is 1. The Bertz CT molecular complexity index is 1500. The third-order valence-electron chi connectivity index (χ3n) is 5.09. The van der Waals surface area contributed by atoms with Gasteiger partial charge < -0.3 is 14.5 Å². The van der Waals surface area contributed by atoms with Crippen LogP contribution in [0.5, 0.6) is 5.75 Å². The molecule has 1 aromatic heterocycles. The number of benzene rings is 3. The molecule has 0 atom stereocenters. The molecule has 5 rings (SSSR count). The fourth-order valence-electron chi connectivity index (χ4n) is 3.58. The lowest BCUT2D eigenvalue weighted by Crippen LogP contribution is -2.41. The Morgan fingerprint density at radius 2 is 1.79 bits per heavy atom. The van der Waals surface area contributed by atoms with Gasteiger partial charge in [-0.25, -0.2) is 8.42 Å². The van der Waals surface area contributed by atoms with Crippen LogP contribution in [0.2, 0.25) is 0 Å². The zero-order valence-corrected chi connectivity index (χ0v) is 17.8. The number of amides is 2. The topological polar surface area (TPSA) is 127 Å². The Kier molecular flexibility index (Phi) is 5.08. The largest absolute Gasteiger partial charge is 0.486 e. The van der Waals surface area contributed by atoms with Crippen molar-refractivity contribution in [1.29, 1.82) is 0 Å². The van der Waals surface area contributed by atoms with Crippen LogP contribution in [-0.4, -0.2) is 20.2 Å². The maximum absolute atomic E-state index is 12.9. The van der Waals surface area contributed by atoms with Crippen LogP contribution in [0.1, 0.15) is 26.7 Å². The van der Waals surface area contributed by atoms with Crippen molar-refractivity contribution in [2.75, 3.05) is 5.32 Å². The van der Waals surface area contributed by atoms with E-state index in [1.54, 1.807) is 36.4 Å². The van der Waals surface area contributed by atoms with Crippen molar-refractivity contribution in [3.8, 4) is 5.75 Å². The van der Waals surface area contributed by atoms with E-state index >= 15 is 0 Å². The monoisotopic (exact) mass is 463 g/mol. The summed E-state index contributed by atoms with van der Waals surface area (Å²) in [5.74, 6) is -0.102. The van der Waals surface area contributed by atoms with Crippen molar-refractivity contribution in [3.63, 3.8) is 0 Å². The van der Waals surface area contributed by atoms with Gasteiger partial charge in [-0.1, -0.05) is 30.3 Å². The Morgan fingerprint density at radius 1 is 0.970 bits per heavy atom. The highest BCUT2D eigenvalue weighted by Crippen LogP contribution is 2.36. The van der Waals surface area contributed by atoms with Gasteiger partial charge in [0.15, 0.2) is 5.76 Å². The first-order chi connectivity index (χ1) is 15.9. The van der Waals surface area contributed by atoms with Crippen LogP contribution in [0.15, 0.2) is 82.1 Å². The molecule has 3 N–H and O–H groups in total. The molecule has 4 aromatic rings.